The van der Waals surface area contributed by atoms with Crippen molar-refractivity contribution in [2.24, 2.45) is 0 Å². The lowest BCUT2D eigenvalue weighted by atomic mass is 10.0. The van der Waals surface area contributed by atoms with Crippen LogP contribution >= 0.6 is 7.82 Å². The molecule has 1 amide bonds. The van der Waals surface area contributed by atoms with Crippen molar-refractivity contribution in [2.75, 3.05) is 40.9 Å². The molecule has 9 nitrogen and oxygen atoms in total. The second kappa shape index (κ2) is 62.0. The molecule has 478 valence electrons. The van der Waals surface area contributed by atoms with Gasteiger partial charge in [0.15, 0.2) is 0 Å². The number of amides is 1. The Kier molecular flexibility index (Phi) is 58.9. The number of nitrogens with zero attached hydrogens (tertiary/aromatic N) is 1. The third-order valence-corrected chi connectivity index (χ3v) is 15.0. The molecule has 1 N–H and O–H groups in total. The summed E-state index contributed by atoms with van der Waals surface area (Å²) in [5.74, 6) is -0.608. The zero-order valence-corrected chi connectivity index (χ0v) is 55.4. The summed E-state index contributed by atoms with van der Waals surface area (Å²) >= 11 is 0. The lowest BCUT2D eigenvalue weighted by Gasteiger charge is -2.30. The third kappa shape index (κ3) is 62.4. The van der Waals surface area contributed by atoms with Crippen LogP contribution in [0.1, 0.15) is 258 Å². The van der Waals surface area contributed by atoms with Crippen LogP contribution in [0.5, 0.6) is 0 Å². The molecule has 0 aromatic carbocycles. The lowest BCUT2D eigenvalue weighted by Crippen LogP contribution is -2.47. The van der Waals surface area contributed by atoms with Gasteiger partial charge in [-0.2, -0.15) is 0 Å². The number of phosphoric ester groups is 1. The van der Waals surface area contributed by atoms with E-state index in [2.05, 4.69) is 160 Å². The molecule has 0 rings (SSSR count). The molecule has 0 bridgehead atoms. The number of hydrogen-bond donors (Lipinski definition) is 1. The van der Waals surface area contributed by atoms with Crippen LogP contribution in [0.4, 0.5) is 0 Å². The summed E-state index contributed by atoms with van der Waals surface area (Å²) in [5, 5.41) is 3.01. The van der Waals surface area contributed by atoms with Gasteiger partial charge in [-0.05, 0) is 128 Å². The average molecular weight is 1190 g/mol. The second-order valence-corrected chi connectivity index (χ2v) is 24.6. The highest BCUT2D eigenvalue weighted by Crippen LogP contribution is 2.38. The summed E-state index contributed by atoms with van der Waals surface area (Å²) in [5.41, 5.74) is 0. The highest BCUT2D eigenvalue weighted by molar-refractivity contribution is 7.45. The maximum Gasteiger partial charge on any atom is 0.306 e. The molecule has 3 atom stereocenters. The molecule has 0 aliphatic rings. The molecular formula is C74H125N2O7P. The number of hydrogen-bond acceptors (Lipinski definition) is 7. The molecule has 0 aromatic rings. The molecule has 84 heavy (non-hydrogen) atoms. The number of unbranched alkanes of at least 4 members (excludes halogenated alkanes) is 21. The van der Waals surface area contributed by atoms with Gasteiger partial charge in [0, 0.05) is 12.8 Å². The minimum absolute atomic E-state index is 0.0400. The van der Waals surface area contributed by atoms with Crippen molar-refractivity contribution < 1.29 is 37.3 Å². The molecule has 0 aliphatic heterocycles. The van der Waals surface area contributed by atoms with Crippen LogP contribution in [0, 0.1) is 0 Å². The minimum atomic E-state index is -4.73. The first-order valence-corrected chi connectivity index (χ1v) is 35.1. The zero-order valence-electron chi connectivity index (χ0n) is 54.5. The van der Waals surface area contributed by atoms with Crippen molar-refractivity contribution in [3.05, 3.63) is 146 Å². The molecule has 0 aromatic heterocycles. The zero-order chi connectivity index (χ0) is 61.4. The van der Waals surface area contributed by atoms with Crippen LogP contribution in [0.15, 0.2) is 146 Å². The van der Waals surface area contributed by atoms with Gasteiger partial charge in [0.2, 0.25) is 5.91 Å². The molecule has 0 saturated carbocycles. The van der Waals surface area contributed by atoms with Gasteiger partial charge in [0.05, 0.1) is 33.8 Å². The van der Waals surface area contributed by atoms with Crippen LogP contribution in [-0.2, 0) is 27.9 Å². The third-order valence-electron chi connectivity index (χ3n) is 14.0. The average Bonchev–Trinajstić information content (AvgIpc) is 3.64. The Morgan fingerprint density at radius 1 is 0.429 bits per heavy atom. The van der Waals surface area contributed by atoms with Crippen LogP contribution in [-0.4, -0.2) is 69.4 Å². The summed E-state index contributed by atoms with van der Waals surface area (Å²) in [6.45, 7) is 6.56. The van der Waals surface area contributed by atoms with Gasteiger partial charge in [-0.25, -0.2) is 0 Å². The van der Waals surface area contributed by atoms with E-state index >= 15 is 0 Å². The number of esters is 1. The van der Waals surface area contributed by atoms with Crippen molar-refractivity contribution in [1.82, 2.24) is 5.32 Å². The Labute approximate surface area is 517 Å². The van der Waals surface area contributed by atoms with E-state index < -0.39 is 26.6 Å². The summed E-state index contributed by atoms with van der Waals surface area (Å²) in [4.78, 5) is 40.1. The van der Waals surface area contributed by atoms with Crippen LogP contribution in [0.25, 0.3) is 0 Å². The predicted octanol–water partition coefficient (Wildman–Crippen LogP) is 20.8. The number of quaternary nitrogens is 1. The van der Waals surface area contributed by atoms with Gasteiger partial charge in [-0.3, -0.25) is 14.2 Å². The fourth-order valence-corrected chi connectivity index (χ4v) is 9.63. The SMILES string of the molecule is CC/C=C\C/C=C\C/C=C\C/C=C\C/C=C\C/C=C\CCCCC(=O)NC(COP(=O)([O-])OCC[N+](C)(C)C)C(/C=C/CCCCCCCCCCCC)OC(=O)CCCCCCCCCCC/C=C\C/C=C\C/C=C\C/C=C\C/C=C\CC. The van der Waals surface area contributed by atoms with Crippen molar-refractivity contribution in [1.29, 1.82) is 0 Å². The van der Waals surface area contributed by atoms with Gasteiger partial charge in [-0.15, -0.1) is 0 Å². The van der Waals surface area contributed by atoms with Crippen molar-refractivity contribution in [2.45, 2.75) is 270 Å². The van der Waals surface area contributed by atoms with Gasteiger partial charge in [0.1, 0.15) is 19.3 Å². The summed E-state index contributed by atoms with van der Waals surface area (Å²) < 4.78 is 30.4. The first kappa shape index (κ1) is 79.9. The first-order valence-electron chi connectivity index (χ1n) is 33.6. The number of carbonyl (C=O) groups is 2. The summed E-state index contributed by atoms with van der Waals surface area (Å²) in [6.07, 6.45) is 89.7. The van der Waals surface area contributed by atoms with Crippen molar-refractivity contribution in [3.63, 3.8) is 0 Å². The number of ether oxygens (including phenoxy) is 1. The number of rotatable bonds is 59. The molecule has 0 fully saturated rings. The lowest BCUT2D eigenvalue weighted by molar-refractivity contribution is -0.870. The molecular weight excluding hydrogens is 1060 g/mol. The number of allylic oxidation sites excluding steroid dienone is 23. The number of likely N-dealkylation sites (N-methyl/N-ethyl adjacent to an activating group) is 1. The molecule has 0 radical (unpaired) electrons. The maximum atomic E-state index is 13.6. The largest absolute Gasteiger partial charge is 0.756 e. The Balaban J connectivity index is 5.24. The van der Waals surface area contributed by atoms with Crippen LogP contribution in [0.2, 0.25) is 0 Å². The van der Waals surface area contributed by atoms with Crippen LogP contribution < -0.4 is 10.2 Å². The number of nitrogens with one attached hydrogen (secondary N) is 1. The minimum Gasteiger partial charge on any atom is -0.756 e. The Hall–Kier alpha value is -4.11. The van der Waals surface area contributed by atoms with E-state index in [0.717, 1.165) is 128 Å². The molecule has 0 spiro atoms. The molecule has 3 unspecified atom stereocenters. The first-order chi connectivity index (χ1) is 40.9. The van der Waals surface area contributed by atoms with Crippen LogP contribution in [0.3, 0.4) is 0 Å². The topological polar surface area (TPSA) is 114 Å². The van der Waals surface area contributed by atoms with Gasteiger partial charge in [-0.1, -0.05) is 263 Å². The predicted molar refractivity (Wildman–Crippen MR) is 362 cm³/mol. The second-order valence-electron chi connectivity index (χ2n) is 23.2. The van der Waals surface area contributed by atoms with Crippen molar-refractivity contribution in [3.8, 4) is 0 Å². The Bertz CT molecular complexity index is 1950. The van der Waals surface area contributed by atoms with E-state index in [1.165, 1.54) is 83.5 Å². The highest BCUT2D eigenvalue weighted by atomic mass is 31.2. The molecule has 0 heterocycles. The van der Waals surface area contributed by atoms with Crippen molar-refractivity contribution >= 4 is 19.7 Å². The van der Waals surface area contributed by atoms with E-state index in [1.54, 1.807) is 0 Å². The monoisotopic (exact) mass is 1180 g/mol. The number of phosphoric acid groups is 1. The number of carbonyl (C=O) groups excluding carboxylic acids is 2. The normalized spacial score (nSPS) is 14.5. The van der Waals surface area contributed by atoms with E-state index in [9.17, 15) is 19.0 Å². The Morgan fingerprint density at radius 3 is 1.15 bits per heavy atom. The van der Waals surface area contributed by atoms with E-state index in [4.69, 9.17) is 13.8 Å². The van der Waals surface area contributed by atoms with Gasteiger partial charge >= 0.3 is 5.97 Å². The fraction of sp³-hybridized carbons (Fsp3) is 0.649. The van der Waals surface area contributed by atoms with E-state index in [1.807, 2.05) is 33.3 Å². The molecule has 10 heteroatoms. The standard InChI is InChI=1S/C74H125N2O7P/c1-7-10-13-16-19-22-25-28-30-32-34-36-37-38-39-41-43-45-47-49-52-55-58-61-64-67-74(78)83-72(65-62-59-56-53-50-27-24-21-18-15-12-9-3)71(70-82-84(79,80)81-69-68-76(4,5)6)75-73(77)66-63-60-57-54-51-48-46-44-42-40-35-33-31-29-26-23-20-17-14-11-8-2/h10-11,13-14,19-20,22-23,28-31,34-36,38-40,44,46,51,54,62,65,71-72H,7-9,12,15-18,21,24-27,32-33,37,41-43,45,47-50,52-53,55-61,63-64,66-70H2,1-6H3,(H-,75,77,79,80)/b13-10-,14-11-,22-19-,23-20-,30-28-,31-29-,36-34-,39-38-,40-35-,46-44-,54-51-,65-62+. The molecule has 0 aliphatic carbocycles. The maximum absolute atomic E-state index is 13.6. The van der Waals surface area contributed by atoms with Gasteiger partial charge < -0.3 is 28.5 Å². The van der Waals surface area contributed by atoms with Gasteiger partial charge in [0.25, 0.3) is 7.82 Å². The van der Waals surface area contributed by atoms with E-state index in [0.29, 0.717) is 23.9 Å². The fourth-order valence-electron chi connectivity index (χ4n) is 8.90. The summed E-state index contributed by atoms with van der Waals surface area (Å²) in [6, 6.07) is -0.926. The molecule has 0 saturated heterocycles. The summed E-state index contributed by atoms with van der Waals surface area (Å²) in [7, 11) is 1.13. The quantitative estimate of drug-likeness (QED) is 0.0212. The smallest absolute Gasteiger partial charge is 0.306 e. The Morgan fingerprint density at radius 2 is 0.762 bits per heavy atom. The van der Waals surface area contributed by atoms with E-state index in [-0.39, 0.29) is 31.3 Å². The highest BCUT2D eigenvalue weighted by Gasteiger charge is 2.27.